The highest BCUT2D eigenvalue weighted by molar-refractivity contribution is 7.13. The van der Waals surface area contributed by atoms with E-state index in [4.69, 9.17) is 4.74 Å². The maximum atomic E-state index is 13.2. The van der Waals surface area contributed by atoms with Crippen LogP contribution in [0.15, 0.2) is 11.6 Å². The summed E-state index contributed by atoms with van der Waals surface area (Å²) < 4.78 is 5.41. The van der Waals surface area contributed by atoms with Gasteiger partial charge in [0.15, 0.2) is 5.13 Å². The first-order valence-corrected chi connectivity index (χ1v) is 9.27. The summed E-state index contributed by atoms with van der Waals surface area (Å²) in [6, 6.07) is 0. The van der Waals surface area contributed by atoms with E-state index in [1.54, 1.807) is 18.4 Å². The van der Waals surface area contributed by atoms with Crippen molar-refractivity contribution in [2.45, 2.75) is 19.3 Å². The first kappa shape index (κ1) is 16.7. The molecule has 7 heteroatoms. The highest BCUT2D eigenvalue weighted by Gasteiger charge is 2.42. The SMILES string of the molecule is COCC1(C(=O)N2CCCN(c3nccs3)CC2)CCNCC1. The zero-order chi connectivity index (χ0) is 16.1. The molecule has 3 heterocycles. The van der Waals surface area contributed by atoms with Crippen LogP contribution >= 0.6 is 11.3 Å². The van der Waals surface area contributed by atoms with Gasteiger partial charge >= 0.3 is 0 Å². The summed E-state index contributed by atoms with van der Waals surface area (Å²) in [6.07, 6.45) is 4.57. The van der Waals surface area contributed by atoms with E-state index >= 15 is 0 Å². The van der Waals surface area contributed by atoms with Crippen molar-refractivity contribution in [3.63, 3.8) is 0 Å². The summed E-state index contributed by atoms with van der Waals surface area (Å²) in [5.41, 5.74) is -0.337. The molecule has 2 fully saturated rings. The summed E-state index contributed by atoms with van der Waals surface area (Å²) in [6.45, 7) is 5.76. The smallest absolute Gasteiger partial charge is 0.231 e. The van der Waals surface area contributed by atoms with Crippen LogP contribution in [0.1, 0.15) is 19.3 Å². The predicted molar refractivity (Wildman–Crippen MR) is 91.9 cm³/mol. The van der Waals surface area contributed by atoms with Crippen molar-refractivity contribution in [3.05, 3.63) is 11.6 Å². The van der Waals surface area contributed by atoms with E-state index in [0.717, 1.165) is 63.7 Å². The van der Waals surface area contributed by atoms with Gasteiger partial charge in [-0.1, -0.05) is 0 Å². The van der Waals surface area contributed by atoms with E-state index in [-0.39, 0.29) is 11.3 Å². The van der Waals surface area contributed by atoms with Crippen LogP contribution in [0.2, 0.25) is 0 Å². The van der Waals surface area contributed by atoms with Gasteiger partial charge in [0.2, 0.25) is 5.91 Å². The number of nitrogens with one attached hydrogen (secondary N) is 1. The molecule has 0 unspecified atom stereocenters. The van der Waals surface area contributed by atoms with Crippen LogP contribution in [-0.2, 0) is 9.53 Å². The van der Waals surface area contributed by atoms with Crippen molar-refractivity contribution in [2.24, 2.45) is 5.41 Å². The lowest BCUT2D eigenvalue weighted by Crippen LogP contribution is -2.52. The Morgan fingerprint density at radius 1 is 1.35 bits per heavy atom. The van der Waals surface area contributed by atoms with Gasteiger partial charge in [-0.15, -0.1) is 11.3 Å². The van der Waals surface area contributed by atoms with Crippen LogP contribution in [0.5, 0.6) is 0 Å². The molecule has 2 aliphatic heterocycles. The van der Waals surface area contributed by atoms with Gasteiger partial charge in [0.25, 0.3) is 0 Å². The third-order valence-corrected chi connectivity index (χ3v) is 5.74. The normalized spacial score (nSPS) is 22.0. The molecular weight excluding hydrogens is 312 g/mol. The van der Waals surface area contributed by atoms with Gasteiger partial charge in [0, 0.05) is 44.9 Å². The standard InChI is InChI=1S/C16H26N4O2S/c1-22-13-16(3-5-17-6-4-16)14(21)19-8-2-9-20(11-10-19)15-18-7-12-23-15/h7,12,17H,2-6,8-11,13H2,1H3. The highest BCUT2D eigenvalue weighted by atomic mass is 32.1. The van der Waals surface area contributed by atoms with E-state index in [1.807, 2.05) is 11.6 Å². The zero-order valence-electron chi connectivity index (χ0n) is 13.8. The molecule has 0 aromatic carbocycles. The minimum absolute atomic E-state index is 0.279. The molecule has 23 heavy (non-hydrogen) atoms. The Morgan fingerprint density at radius 2 is 2.17 bits per heavy atom. The predicted octanol–water partition coefficient (Wildman–Crippen LogP) is 1.20. The van der Waals surface area contributed by atoms with E-state index in [9.17, 15) is 4.79 Å². The van der Waals surface area contributed by atoms with E-state index < -0.39 is 0 Å². The Bertz CT molecular complexity index is 497. The van der Waals surface area contributed by atoms with Crippen LogP contribution in [0.3, 0.4) is 0 Å². The van der Waals surface area contributed by atoms with Gasteiger partial charge in [0.05, 0.1) is 12.0 Å². The van der Waals surface area contributed by atoms with Crippen LogP contribution in [0.25, 0.3) is 0 Å². The van der Waals surface area contributed by atoms with Crippen LogP contribution < -0.4 is 10.2 Å². The van der Waals surface area contributed by atoms with Crippen molar-refractivity contribution >= 4 is 22.4 Å². The Balaban J connectivity index is 1.67. The number of hydrogen-bond acceptors (Lipinski definition) is 6. The summed E-state index contributed by atoms with van der Waals surface area (Å²) >= 11 is 1.67. The topological polar surface area (TPSA) is 57.7 Å². The van der Waals surface area contributed by atoms with Crippen molar-refractivity contribution in [1.29, 1.82) is 0 Å². The molecule has 0 bridgehead atoms. The minimum Gasteiger partial charge on any atom is -0.384 e. The monoisotopic (exact) mass is 338 g/mol. The number of rotatable bonds is 4. The van der Waals surface area contributed by atoms with E-state index in [1.165, 1.54) is 0 Å². The minimum atomic E-state index is -0.337. The molecule has 0 aliphatic carbocycles. The lowest BCUT2D eigenvalue weighted by Gasteiger charge is -2.39. The molecule has 1 aromatic heterocycles. The molecular formula is C16H26N4O2S. The Morgan fingerprint density at radius 3 is 2.87 bits per heavy atom. The fourth-order valence-electron chi connectivity index (χ4n) is 3.62. The van der Waals surface area contributed by atoms with Crippen molar-refractivity contribution in [1.82, 2.24) is 15.2 Å². The Hall–Kier alpha value is -1.18. The fraction of sp³-hybridized carbons (Fsp3) is 0.750. The highest BCUT2D eigenvalue weighted by Crippen LogP contribution is 2.32. The van der Waals surface area contributed by atoms with Gasteiger partial charge < -0.3 is 19.9 Å². The second-order valence-corrected chi connectivity index (χ2v) is 7.28. The van der Waals surface area contributed by atoms with Gasteiger partial charge in [0.1, 0.15) is 0 Å². The van der Waals surface area contributed by atoms with Gasteiger partial charge in [-0.3, -0.25) is 4.79 Å². The molecule has 0 spiro atoms. The first-order valence-electron chi connectivity index (χ1n) is 8.39. The van der Waals surface area contributed by atoms with Gasteiger partial charge in [-0.2, -0.15) is 0 Å². The third kappa shape index (κ3) is 3.67. The number of carbonyl (C=O) groups excluding carboxylic acids is 1. The lowest BCUT2D eigenvalue weighted by molar-refractivity contribution is -0.147. The molecule has 0 radical (unpaired) electrons. The summed E-state index contributed by atoms with van der Waals surface area (Å²) in [5, 5.41) is 6.42. The number of piperidine rings is 1. The fourth-order valence-corrected chi connectivity index (χ4v) is 4.32. The lowest BCUT2D eigenvalue weighted by atomic mass is 9.78. The number of aromatic nitrogens is 1. The number of thiazole rings is 1. The summed E-state index contributed by atoms with van der Waals surface area (Å²) in [5.74, 6) is 0.279. The van der Waals surface area contributed by atoms with Crippen LogP contribution in [-0.4, -0.2) is 68.8 Å². The molecule has 0 saturated carbocycles. The number of nitrogens with zero attached hydrogens (tertiary/aromatic N) is 3. The molecule has 0 atom stereocenters. The van der Waals surface area contributed by atoms with Crippen molar-refractivity contribution in [3.8, 4) is 0 Å². The quantitative estimate of drug-likeness (QED) is 0.894. The molecule has 2 aliphatic rings. The number of anilines is 1. The number of methoxy groups -OCH3 is 1. The molecule has 1 N–H and O–H groups in total. The maximum Gasteiger partial charge on any atom is 0.231 e. The second-order valence-electron chi connectivity index (χ2n) is 6.41. The van der Waals surface area contributed by atoms with Crippen molar-refractivity contribution in [2.75, 3.05) is 57.9 Å². The van der Waals surface area contributed by atoms with E-state index in [2.05, 4.69) is 20.1 Å². The first-order chi connectivity index (χ1) is 11.2. The van der Waals surface area contributed by atoms with Crippen LogP contribution in [0.4, 0.5) is 5.13 Å². The average molecular weight is 338 g/mol. The number of hydrogen-bond donors (Lipinski definition) is 1. The second kappa shape index (κ2) is 7.59. The average Bonchev–Trinajstić information content (AvgIpc) is 3.00. The Kier molecular flexibility index (Phi) is 5.50. The van der Waals surface area contributed by atoms with Crippen molar-refractivity contribution < 1.29 is 9.53 Å². The van der Waals surface area contributed by atoms with Gasteiger partial charge in [-0.25, -0.2) is 4.98 Å². The Labute approximate surface area is 141 Å². The summed E-state index contributed by atoms with van der Waals surface area (Å²) in [7, 11) is 1.70. The maximum absolute atomic E-state index is 13.2. The molecule has 3 rings (SSSR count). The van der Waals surface area contributed by atoms with Crippen LogP contribution in [0, 0.1) is 5.41 Å². The number of ether oxygens (including phenoxy) is 1. The largest absolute Gasteiger partial charge is 0.384 e. The molecule has 1 amide bonds. The molecule has 128 valence electrons. The number of carbonyl (C=O) groups is 1. The molecule has 2 saturated heterocycles. The zero-order valence-corrected chi connectivity index (χ0v) is 14.6. The van der Waals surface area contributed by atoms with E-state index in [0.29, 0.717) is 6.61 Å². The third-order valence-electron chi connectivity index (χ3n) is 4.91. The molecule has 1 aromatic rings. The summed E-state index contributed by atoms with van der Waals surface area (Å²) in [4.78, 5) is 21.9. The molecule has 6 nitrogen and oxygen atoms in total. The number of amides is 1. The van der Waals surface area contributed by atoms with Gasteiger partial charge in [-0.05, 0) is 32.4 Å².